The van der Waals surface area contributed by atoms with Crippen LogP contribution in [0.2, 0.25) is 0 Å². The molecule has 0 saturated heterocycles. The molecule has 0 spiro atoms. The van der Waals surface area contributed by atoms with Crippen LogP contribution in [-0.2, 0) is 16.1 Å². The maximum absolute atomic E-state index is 12.1. The Labute approximate surface area is 140 Å². The lowest BCUT2D eigenvalue weighted by Gasteiger charge is -2.04. The van der Waals surface area contributed by atoms with Crippen molar-refractivity contribution in [1.82, 2.24) is 20.0 Å². The van der Waals surface area contributed by atoms with Crippen LogP contribution in [0.5, 0.6) is 0 Å². The lowest BCUT2D eigenvalue weighted by Crippen LogP contribution is -2.20. The zero-order valence-corrected chi connectivity index (χ0v) is 13.8. The minimum atomic E-state index is -0.653. The number of carbonyl (C=O) groups excluding carboxylic acids is 2. The molecule has 0 saturated carbocycles. The van der Waals surface area contributed by atoms with Crippen LogP contribution in [-0.4, -0.2) is 39.1 Å². The van der Waals surface area contributed by atoms with Gasteiger partial charge in [0.25, 0.3) is 0 Å². The number of nitrogens with one attached hydrogen (secondary N) is 2. The first-order valence-corrected chi connectivity index (χ1v) is 7.77. The number of nitrogens with zero attached hydrogens (tertiary/aromatic N) is 4. The fourth-order valence-electron chi connectivity index (χ4n) is 2.03. The van der Waals surface area contributed by atoms with Crippen molar-refractivity contribution < 1.29 is 14.3 Å². The number of amides is 2. The Morgan fingerprint density at radius 3 is 2.96 bits per heavy atom. The van der Waals surface area contributed by atoms with Gasteiger partial charge in [-0.3, -0.25) is 10.1 Å². The van der Waals surface area contributed by atoms with Crippen molar-refractivity contribution in [2.75, 3.05) is 17.7 Å². The molecular weight excluding hydrogens is 332 g/mol. The summed E-state index contributed by atoms with van der Waals surface area (Å²) >= 11 is 1.56. The minimum Gasteiger partial charge on any atom is -0.453 e. The third kappa shape index (κ3) is 3.66. The Balaban J connectivity index is 1.63. The summed E-state index contributed by atoms with van der Waals surface area (Å²) in [6.07, 6.45) is 0.677. The van der Waals surface area contributed by atoms with E-state index in [9.17, 15) is 9.59 Å². The maximum Gasteiger partial charge on any atom is 0.412 e. The fourth-order valence-corrected chi connectivity index (χ4v) is 2.90. The number of fused-ring (bicyclic) bond motifs is 1. The van der Waals surface area contributed by atoms with Crippen LogP contribution >= 0.6 is 11.3 Å². The molecule has 24 heavy (non-hydrogen) atoms. The van der Waals surface area contributed by atoms with Crippen molar-refractivity contribution in [3.8, 4) is 0 Å². The number of hydrogen-bond acceptors (Lipinski definition) is 7. The second kappa shape index (κ2) is 6.62. The summed E-state index contributed by atoms with van der Waals surface area (Å²) in [5.41, 5.74) is 1.58. The van der Waals surface area contributed by atoms with Crippen LogP contribution in [0.4, 0.5) is 16.3 Å². The molecule has 0 aliphatic carbocycles. The van der Waals surface area contributed by atoms with E-state index in [1.54, 1.807) is 17.4 Å². The molecule has 124 valence electrons. The molecule has 10 heteroatoms. The number of hydrogen-bond donors (Lipinski definition) is 2. The van der Waals surface area contributed by atoms with Gasteiger partial charge in [0.1, 0.15) is 6.54 Å². The number of aryl methyl sites for hydroxylation is 1. The van der Waals surface area contributed by atoms with Gasteiger partial charge < -0.3 is 10.1 Å². The predicted octanol–water partition coefficient (Wildman–Crippen LogP) is 2.01. The van der Waals surface area contributed by atoms with Gasteiger partial charge in [-0.15, -0.1) is 16.4 Å². The van der Waals surface area contributed by atoms with Crippen LogP contribution in [0.3, 0.4) is 0 Å². The predicted molar refractivity (Wildman–Crippen MR) is 89.0 cm³/mol. The molecule has 0 atom stereocenters. The highest BCUT2D eigenvalue weighted by Gasteiger charge is 2.10. The number of rotatable bonds is 4. The van der Waals surface area contributed by atoms with E-state index in [2.05, 4.69) is 30.6 Å². The summed E-state index contributed by atoms with van der Waals surface area (Å²) in [4.78, 5) is 28.7. The normalized spacial score (nSPS) is 10.6. The van der Waals surface area contributed by atoms with Crippen LogP contribution in [0.25, 0.3) is 10.2 Å². The van der Waals surface area contributed by atoms with Crippen molar-refractivity contribution in [3.63, 3.8) is 0 Å². The van der Waals surface area contributed by atoms with E-state index in [1.165, 1.54) is 18.1 Å². The van der Waals surface area contributed by atoms with Crippen molar-refractivity contribution in [2.24, 2.45) is 0 Å². The second-order valence-electron chi connectivity index (χ2n) is 4.84. The topological polar surface area (TPSA) is 111 Å². The molecule has 2 N–H and O–H groups in total. The largest absolute Gasteiger partial charge is 0.453 e. The molecule has 0 fully saturated rings. The molecule has 0 bridgehead atoms. The van der Waals surface area contributed by atoms with Crippen molar-refractivity contribution >= 4 is 45.1 Å². The Morgan fingerprint density at radius 1 is 1.33 bits per heavy atom. The maximum atomic E-state index is 12.1. The first-order chi connectivity index (χ1) is 11.5. The summed E-state index contributed by atoms with van der Waals surface area (Å²) in [7, 11) is 1.24. The van der Waals surface area contributed by atoms with E-state index in [4.69, 9.17) is 0 Å². The van der Waals surface area contributed by atoms with Crippen molar-refractivity contribution in [2.45, 2.75) is 13.5 Å². The van der Waals surface area contributed by atoms with Crippen molar-refractivity contribution in [1.29, 1.82) is 0 Å². The van der Waals surface area contributed by atoms with Gasteiger partial charge in [-0.25, -0.2) is 9.78 Å². The average molecular weight is 346 g/mol. The standard InChI is InChI=1S/C14H14N6O3S/c1-8-16-10-4-3-9(5-11(10)24-8)17-13(21)7-20-15-6-12(19-20)18-14(22)23-2/h3-6H,7H2,1-2H3,(H,17,21)(H,18,19,22). The number of ether oxygens (including phenoxy) is 1. The number of aromatic nitrogens is 4. The molecule has 2 heterocycles. The zero-order chi connectivity index (χ0) is 17.1. The lowest BCUT2D eigenvalue weighted by molar-refractivity contribution is -0.117. The second-order valence-corrected chi connectivity index (χ2v) is 6.08. The SMILES string of the molecule is COC(=O)Nc1cnn(CC(=O)Nc2ccc3nc(C)sc3c2)n1. The lowest BCUT2D eigenvalue weighted by atomic mass is 10.3. The smallest absolute Gasteiger partial charge is 0.412 e. The number of methoxy groups -OCH3 is 1. The first-order valence-electron chi connectivity index (χ1n) is 6.95. The van der Waals surface area contributed by atoms with Crippen LogP contribution < -0.4 is 10.6 Å². The fraction of sp³-hybridized carbons (Fsp3) is 0.214. The van der Waals surface area contributed by atoms with Gasteiger partial charge in [0, 0.05) is 5.69 Å². The molecule has 0 aliphatic rings. The van der Waals surface area contributed by atoms with E-state index >= 15 is 0 Å². The number of benzene rings is 1. The highest BCUT2D eigenvalue weighted by molar-refractivity contribution is 7.18. The van der Waals surface area contributed by atoms with Crippen LogP contribution in [0, 0.1) is 6.92 Å². The third-order valence-corrected chi connectivity index (χ3v) is 3.95. The number of carbonyl (C=O) groups is 2. The number of thiazole rings is 1. The molecule has 2 aromatic heterocycles. The van der Waals surface area contributed by atoms with Gasteiger partial charge in [-0.05, 0) is 25.1 Å². The number of anilines is 2. The summed E-state index contributed by atoms with van der Waals surface area (Å²) in [5, 5.41) is 14.0. The van der Waals surface area contributed by atoms with Gasteiger partial charge in [-0.1, -0.05) is 0 Å². The molecule has 0 radical (unpaired) electrons. The quantitative estimate of drug-likeness (QED) is 0.747. The highest BCUT2D eigenvalue weighted by atomic mass is 32.1. The Morgan fingerprint density at radius 2 is 2.17 bits per heavy atom. The van der Waals surface area contributed by atoms with Crippen LogP contribution in [0.1, 0.15) is 5.01 Å². The van der Waals surface area contributed by atoms with E-state index in [0.29, 0.717) is 5.69 Å². The van der Waals surface area contributed by atoms with E-state index < -0.39 is 6.09 Å². The summed E-state index contributed by atoms with van der Waals surface area (Å²) in [6, 6.07) is 5.53. The molecule has 3 aromatic rings. The average Bonchev–Trinajstić information content (AvgIpc) is 3.11. The van der Waals surface area contributed by atoms with Crippen LogP contribution in [0.15, 0.2) is 24.4 Å². The van der Waals surface area contributed by atoms with Gasteiger partial charge in [0.15, 0.2) is 5.82 Å². The molecule has 0 unspecified atom stereocenters. The summed E-state index contributed by atoms with van der Waals surface area (Å²) < 4.78 is 5.46. The van der Waals surface area contributed by atoms with E-state index in [1.807, 2.05) is 19.1 Å². The minimum absolute atomic E-state index is 0.0807. The monoisotopic (exact) mass is 346 g/mol. The Hall–Kier alpha value is -3.01. The highest BCUT2D eigenvalue weighted by Crippen LogP contribution is 2.24. The van der Waals surface area contributed by atoms with E-state index in [-0.39, 0.29) is 18.3 Å². The molecule has 1 aromatic carbocycles. The summed E-state index contributed by atoms with van der Waals surface area (Å²) in [6.45, 7) is 1.86. The Kier molecular flexibility index (Phi) is 4.38. The van der Waals surface area contributed by atoms with Gasteiger partial charge in [0.05, 0.1) is 28.5 Å². The third-order valence-electron chi connectivity index (χ3n) is 3.02. The summed E-state index contributed by atoms with van der Waals surface area (Å²) in [5.74, 6) is -0.0768. The van der Waals surface area contributed by atoms with Gasteiger partial charge in [-0.2, -0.15) is 9.90 Å². The zero-order valence-electron chi connectivity index (χ0n) is 12.9. The Bertz CT molecular complexity index is 903. The van der Waals surface area contributed by atoms with E-state index in [0.717, 1.165) is 15.2 Å². The van der Waals surface area contributed by atoms with Crippen molar-refractivity contribution in [3.05, 3.63) is 29.4 Å². The molecular formula is C14H14N6O3S. The molecule has 0 aliphatic heterocycles. The molecule has 2 amide bonds. The molecule has 9 nitrogen and oxygen atoms in total. The first kappa shape index (κ1) is 15.9. The molecule has 3 rings (SSSR count). The van der Waals surface area contributed by atoms with Gasteiger partial charge >= 0.3 is 6.09 Å². The van der Waals surface area contributed by atoms with Gasteiger partial charge in [0.2, 0.25) is 5.91 Å².